The van der Waals surface area contributed by atoms with Crippen molar-refractivity contribution in [2.45, 2.75) is 0 Å². The number of esters is 1. The van der Waals surface area contributed by atoms with E-state index in [2.05, 4.69) is 4.99 Å². The van der Waals surface area contributed by atoms with Crippen molar-refractivity contribution in [1.82, 2.24) is 0 Å². The van der Waals surface area contributed by atoms with Gasteiger partial charge in [0.2, 0.25) is 5.90 Å². The summed E-state index contributed by atoms with van der Waals surface area (Å²) in [7, 11) is 3.05. The molecule has 0 aliphatic carbocycles. The molecule has 0 aromatic heterocycles. The number of ether oxygens (including phenoxy) is 3. The van der Waals surface area contributed by atoms with Crippen LogP contribution in [0.4, 0.5) is 5.69 Å². The number of nitro benzene ring substituents is 1. The van der Waals surface area contributed by atoms with Crippen LogP contribution in [0.25, 0.3) is 6.08 Å². The molecule has 0 atom stereocenters. The first kappa shape index (κ1) is 17.2. The average Bonchev–Trinajstić information content (AvgIpc) is 3.02. The van der Waals surface area contributed by atoms with E-state index in [-0.39, 0.29) is 17.3 Å². The molecule has 1 aliphatic heterocycles. The molecular weight excluding hydrogens is 340 g/mol. The van der Waals surface area contributed by atoms with Crippen LogP contribution >= 0.6 is 0 Å². The predicted octanol–water partition coefficient (Wildman–Crippen LogP) is 2.96. The number of hydrogen-bond acceptors (Lipinski definition) is 7. The Morgan fingerprint density at radius 2 is 1.85 bits per heavy atom. The van der Waals surface area contributed by atoms with Crippen molar-refractivity contribution in [3.05, 3.63) is 69.4 Å². The maximum absolute atomic E-state index is 12.1. The molecule has 2 aromatic rings. The summed E-state index contributed by atoms with van der Waals surface area (Å²) in [5, 5.41) is 10.7. The van der Waals surface area contributed by atoms with Gasteiger partial charge in [0.05, 0.1) is 19.1 Å². The fourth-order valence-electron chi connectivity index (χ4n) is 2.36. The molecule has 0 N–H and O–H groups in total. The van der Waals surface area contributed by atoms with E-state index in [1.54, 1.807) is 18.2 Å². The molecule has 8 heteroatoms. The first-order valence-electron chi connectivity index (χ1n) is 7.51. The maximum atomic E-state index is 12.1. The van der Waals surface area contributed by atoms with E-state index in [1.165, 1.54) is 44.6 Å². The number of non-ortho nitro benzene ring substituents is 1. The van der Waals surface area contributed by atoms with Crippen LogP contribution in [0.2, 0.25) is 0 Å². The Morgan fingerprint density at radius 3 is 2.46 bits per heavy atom. The molecule has 0 amide bonds. The molecular formula is C18H14N2O6. The van der Waals surface area contributed by atoms with E-state index < -0.39 is 10.9 Å². The molecule has 1 heterocycles. The van der Waals surface area contributed by atoms with Gasteiger partial charge in [0.15, 0.2) is 5.70 Å². The molecule has 0 saturated carbocycles. The van der Waals surface area contributed by atoms with Gasteiger partial charge >= 0.3 is 5.97 Å². The quantitative estimate of drug-likeness (QED) is 0.354. The summed E-state index contributed by atoms with van der Waals surface area (Å²) in [6, 6.07) is 10.7. The molecule has 26 heavy (non-hydrogen) atoms. The van der Waals surface area contributed by atoms with Crippen LogP contribution in [0.15, 0.2) is 53.2 Å². The summed E-state index contributed by atoms with van der Waals surface area (Å²) in [6.07, 6.45) is 1.53. The highest BCUT2D eigenvalue weighted by atomic mass is 16.6. The van der Waals surface area contributed by atoms with Crippen molar-refractivity contribution in [1.29, 1.82) is 0 Å². The van der Waals surface area contributed by atoms with E-state index in [1.807, 2.05) is 0 Å². The van der Waals surface area contributed by atoms with Gasteiger partial charge in [0.1, 0.15) is 11.5 Å². The Bertz CT molecular complexity index is 931. The van der Waals surface area contributed by atoms with Crippen molar-refractivity contribution in [3.63, 3.8) is 0 Å². The lowest BCUT2D eigenvalue weighted by molar-refractivity contribution is -0.384. The highest BCUT2D eigenvalue weighted by molar-refractivity contribution is 6.13. The number of rotatable bonds is 5. The minimum absolute atomic E-state index is 0.0597. The Morgan fingerprint density at radius 1 is 1.12 bits per heavy atom. The number of carbonyl (C=O) groups is 1. The molecule has 2 aromatic carbocycles. The van der Waals surface area contributed by atoms with Gasteiger partial charge in [-0.05, 0) is 36.4 Å². The summed E-state index contributed by atoms with van der Waals surface area (Å²) in [5.41, 5.74) is 1.10. The smallest absolute Gasteiger partial charge is 0.363 e. The Balaban J connectivity index is 1.95. The third-order valence-electron chi connectivity index (χ3n) is 3.67. The molecule has 0 unspecified atom stereocenters. The maximum Gasteiger partial charge on any atom is 0.363 e. The number of nitrogens with zero attached hydrogens (tertiary/aromatic N) is 2. The predicted molar refractivity (Wildman–Crippen MR) is 93.2 cm³/mol. The van der Waals surface area contributed by atoms with Crippen molar-refractivity contribution in [2.75, 3.05) is 14.2 Å². The van der Waals surface area contributed by atoms with Crippen LogP contribution in [-0.2, 0) is 9.53 Å². The normalized spacial score (nSPS) is 14.8. The van der Waals surface area contributed by atoms with Crippen LogP contribution in [0, 0.1) is 10.1 Å². The Hall–Kier alpha value is -3.68. The summed E-state index contributed by atoms with van der Waals surface area (Å²) >= 11 is 0. The zero-order chi connectivity index (χ0) is 18.7. The van der Waals surface area contributed by atoms with Gasteiger partial charge in [0, 0.05) is 23.3 Å². The van der Waals surface area contributed by atoms with Crippen molar-refractivity contribution >= 4 is 23.6 Å². The molecule has 1 aliphatic rings. The van der Waals surface area contributed by atoms with E-state index in [4.69, 9.17) is 14.2 Å². The number of carbonyl (C=O) groups excluding carboxylic acids is 1. The van der Waals surface area contributed by atoms with E-state index >= 15 is 0 Å². The second-order valence-electron chi connectivity index (χ2n) is 5.25. The molecule has 0 bridgehead atoms. The number of cyclic esters (lactones) is 1. The van der Waals surface area contributed by atoms with Gasteiger partial charge in [-0.1, -0.05) is 0 Å². The van der Waals surface area contributed by atoms with Crippen LogP contribution in [0.5, 0.6) is 11.5 Å². The van der Waals surface area contributed by atoms with Crippen LogP contribution < -0.4 is 9.47 Å². The van der Waals surface area contributed by atoms with Crippen molar-refractivity contribution in [2.24, 2.45) is 4.99 Å². The molecule has 0 spiro atoms. The van der Waals surface area contributed by atoms with Crippen LogP contribution in [0.1, 0.15) is 11.1 Å². The third-order valence-corrected chi connectivity index (χ3v) is 3.67. The monoisotopic (exact) mass is 354 g/mol. The minimum Gasteiger partial charge on any atom is -0.497 e. The van der Waals surface area contributed by atoms with Gasteiger partial charge in [-0.3, -0.25) is 10.1 Å². The molecule has 8 nitrogen and oxygen atoms in total. The van der Waals surface area contributed by atoms with E-state index in [0.29, 0.717) is 22.6 Å². The second-order valence-corrected chi connectivity index (χ2v) is 5.25. The zero-order valence-electron chi connectivity index (χ0n) is 14.0. The number of nitro groups is 1. The van der Waals surface area contributed by atoms with Gasteiger partial charge < -0.3 is 14.2 Å². The lowest BCUT2D eigenvalue weighted by Gasteiger charge is -2.07. The standard InChI is InChI=1S/C18H14N2O6/c1-24-14-7-8-16(25-2)12(9-14)10-15-18(21)26-17(19-15)11-3-5-13(6-4-11)20(22)23/h3-10H,1-2H3. The Kier molecular flexibility index (Phi) is 4.66. The SMILES string of the molecule is COc1ccc(OC)c(C=C2N=C(c3ccc([N+](=O)[O-])cc3)OC2=O)c1. The molecule has 0 fully saturated rings. The first-order chi connectivity index (χ1) is 12.5. The van der Waals surface area contributed by atoms with E-state index in [0.717, 1.165) is 0 Å². The summed E-state index contributed by atoms with van der Waals surface area (Å²) in [6.45, 7) is 0. The van der Waals surface area contributed by atoms with Gasteiger partial charge in [0.25, 0.3) is 5.69 Å². The molecule has 3 rings (SSSR count). The topological polar surface area (TPSA) is 100 Å². The highest BCUT2D eigenvalue weighted by Crippen LogP contribution is 2.28. The third kappa shape index (κ3) is 3.39. The summed E-state index contributed by atoms with van der Waals surface area (Å²) in [4.78, 5) is 26.5. The van der Waals surface area contributed by atoms with Gasteiger partial charge in [-0.15, -0.1) is 0 Å². The fourth-order valence-corrected chi connectivity index (χ4v) is 2.36. The Labute approximate surface area is 148 Å². The zero-order valence-corrected chi connectivity index (χ0v) is 14.0. The second kappa shape index (κ2) is 7.06. The van der Waals surface area contributed by atoms with Crippen molar-refractivity contribution in [3.8, 4) is 11.5 Å². The highest BCUT2D eigenvalue weighted by Gasteiger charge is 2.25. The number of methoxy groups -OCH3 is 2. The molecule has 132 valence electrons. The summed E-state index contributed by atoms with van der Waals surface area (Å²) in [5.74, 6) is 0.606. The van der Waals surface area contributed by atoms with Gasteiger partial charge in [-0.25, -0.2) is 9.79 Å². The molecule has 0 saturated heterocycles. The van der Waals surface area contributed by atoms with Crippen LogP contribution in [0.3, 0.4) is 0 Å². The molecule has 0 radical (unpaired) electrons. The lowest BCUT2D eigenvalue weighted by atomic mass is 10.1. The average molecular weight is 354 g/mol. The van der Waals surface area contributed by atoms with E-state index in [9.17, 15) is 14.9 Å². The minimum atomic E-state index is -0.622. The van der Waals surface area contributed by atoms with Crippen molar-refractivity contribution < 1.29 is 23.9 Å². The number of aliphatic imine (C=N–C) groups is 1. The summed E-state index contributed by atoms with van der Waals surface area (Å²) < 4.78 is 15.6. The first-order valence-corrected chi connectivity index (χ1v) is 7.51. The fraction of sp³-hybridized carbons (Fsp3) is 0.111. The largest absolute Gasteiger partial charge is 0.497 e. The van der Waals surface area contributed by atoms with Crippen LogP contribution in [-0.4, -0.2) is 31.0 Å². The number of benzene rings is 2. The number of hydrogen-bond donors (Lipinski definition) is 0. The lowest BCUT2D eigenvalue weighted by Crippen LogP contribution is -2.05. The van der Waals surface area contributed by atoms with Gasteiger partial charge in [-0.2, -0.15) is 0 Å².